The number of rotatable bonds is 4. The minimum atomic E-state index is 0.492. The lowest BCUT2D eigenvalue weighted by atomic mass is 10.1. The Balaban J connectivity index is 2.04. The van der Waals surface area contributed by atoms with E-state index in [0.29, 0.717) is 11.7 Å². The summed E-state index contributed by atoms with van der Waals surface area (Å²) in [5, 5.41) is 3.72. The first-order chi connectivity index (χ1) is 8.69. The molecule has 1 heterocycles. The molecule has 0 radical (unpaired) electrons. The van der Waals surface area contributed by atoms with Crippen LogP contribution in [0.5, 0.6) is 5.75 Å². The van der Waals surface area contributed by atoms with Crippen molar-refractivity contribution in [2.24, 2.45) is 0 Å². The first-order valence-corrected chi connectivity index (χ1v) is 6.07. The number of hydrogen-bond acceptors (Lipinski definition) is 3. The van der Waals surface area contributed by atoms with Crippen molar-refractivity contribution in [3.8, 4) is 5.75 Å². The van der Waals surface area contributed by atoms with E-state index in [1.54, 1.807) is 13.2 Å². The summed E-state index contributed by atoms with van der Waals surface area (Å²) in [4.78, 5) is 4.17. The van der Waals surface area contributed by atoms with E-state index >= 15 is 0 Å². The van der Waals surface area contributed by atoms with E-state index in [1.807, 2.05) is 31.2 Å². The number of hydrogen-bond donors (Lipinski definition) is 1. The predicted molar refractivity (Wildman–Crippen MR) is 74.3 cm³/mol. The van der Waals surface area contributed by atoms with E-state index in [4.69, 9.17) is 16.3 Å². The maximum atomic E-state index is 5.82. The van der Waals surface area contributed by atoms with E-state index in [9.17, 15) is 0 Å². The average molecular weight is 263 g/mol. The van der Waals surface area contributed by atoms with Crippen LogP contribution in [0.25, 0.3) is 0 Å². The van der Waals surface area contributed by atoms with Crippen LogP contribution in [0.4, 0.5) is 5.82 Å². The first kappa shape index (κ1) is 12.7. The number of halogens is 1. The van der Waals surface area contributed by atoms with Crippen molar-refractivity contribution < 1.29 is 4.74 Å². The van der Waals surface area contributed by atoms with E-state index < -0.39 is 0 Å². The molecule has 1 N–H and O–H groups in total. The Labute approximate surface area is 112 Å². The lowest BCUT2D eigenvalue weighted by Crippen LogP contribution is -2.01. The van der Waals surface area contributed by atoms with Crippen molar-refractivity contribution in [3.63, 3.8) is 0 Å². The lowest BCUT2D eigenvalue weighted by molar-refractivity contribution is 0.411. The van der Waals surface area contributed by atoms with Crippen LogP contribution >= 0.6 is 11.6 Å². The molecule has 0 aliphatic rings. The van der Waals surface area contributed by atoms with Crippen molar-refractivity contribution in [3.05, 3.63) is 52.7 Å². The van der Waals surface area contributed by atoms with Gasteiger partial charge in [-0.2, -0.15) is 0 Å². The van der Waals surface area contributed by atoms with Gasteiger partial charge in [-0.25, -0.2) is 4.98 Å². The Morgan fingerprint density at radius 2 is 2.11 bits per heavy atom. The third kappa shape index (κ3) is 3.14. The highest BCUT2D eigenvalue weighted by atomic mass is 35.5. The van der Waals surface area contributed by atoms with Crippen LogP contribution in [0.3, 0.4) is 0 Å². The molecule has 0 atom stereocenters. The first-order valence-electron chi connectivity index (χ1n) is 5.69. The van der Waals surface area contributed by atoms with Crippen molar-refractivity contribution in [2.75, 3.05) is 12.4 Å². The van der Waals surface area contributed by atoms with Gasteiger partial charge in [-0.3, -0.25) is 0 Å². The quantitative estimate of drug-likeness (QED) is 0.854. The Hall–Kier alpha value is -1.74. The number of nitrogens with one attached hydrogen (secondary N) is 1. The third-order valence-electron chi connectivity index (χ3n) is 2.65. The Bertz CT molecular complexity index is 543. The highest BCUT2D eigenvalue weighted by Gasteiger charge is 2.00. The van der Waals surface area contributed by atoms with Gasteiger partial charge in [0.25, 0.3) is 0 Å². The van der Waals surface area contributed by atoms with Crippen LogP contribution in [0.1, 0.15) is 11.1 Å². The Kier molecular flexibility index (Phi) is 4.05. The highest BCUT2D eigenvalue weighted by molar-refractivity contribution is 6.29. The van der Waals surface area contributed by atoms with Gasteiger partial charge in [-0.15, -0.1) is 0 Å². The summed E-state index contributed by atoms with van der Waals surface area (Å²) in [6, 6.07) is 11.6. The Morgan fingerprint density at radius 3 is 2.78 bits per heavy atom. The number of benzene rings is 1. The molecule has 94 valence electrons. The molecule has 0 fully saturated rings. The summed E-state index contributed by atoms with van der Waals surface area (Å²) in [5.74, 6) is 1.68. The van der Waals surface area contributed by atoms with E-state index in [0.717, 1.165) is 17.1 Å². The fraction of sp³-hybridized carbons (Fsp3) is 0.214. The van der Waals surface area contributed by atoms with Crippen molar-refractivity contribution in [1.82, 2.24) is 4.98 Å². The maximum absolute atomic E-state index is 5.82. The second-order valence-corrected chi connectivity index (χ2v) is 4.39. The summed E-state index contributed by atoms with van der Waals surface area (Å²) in [5.41, 5.74) is 2.30. The van der Waals surface area contributed by atoms with Gasteiger partial charge < -0.3 is 10.1 Å². The van der Waals surface area contributed by atoms with Crippen LogP contribution in [0.15, 0.2) is 36.4 Å². The molecule has 2 rings (SSSR count). The van der Waals surface area contributed by atoms with Gasteiger partial charge in [0.05, 0.1) is 7.11 Å². The lowest BCUT2D eigenvalue weighted by Gasteiger charge is -2.09. The van der Waals surface area contributed by atoms with E-state index in [2.05, 4.69) is 16.4 Å². The monoisotopic (exact) mass is 262 g/mol. The highest BCUT2D eigenvalue weighted by Crippen LogP contribution is 2.19. The maximum Gasteiger partial charge on any atom is 0.131 e. The van der Waals surface area contributed by atoms with Gasteiger partial charge in [0, 0.05) is 6.54 Å². The third-order valence-corrected chi connectivity index (χ3v) is 2.86. The second kappa shape index (κ2) is 5.74. The molecule has 0 aliphatic heterocycles. The summed E-state index contributed by atoms with van der Waals surface area (Å²) < 4.78 is 5.23. The SMILES string of the molecule is COc1ccc(CNc2cccc(Cl)n2)cc1C. The molecule has 18 heavy (non-hydrogen) atoms. The smallest absolute Gasteiger partial charge is 0.131 e. The average Bonchev–Trinajstić information content (AvgIpc) is 2.37. The van der Waals surface area contributed by atoms with E-state index in [-0.39, 0.29) is 0 Å². The molecule has 0 amide bonds. The Morgan fingerprint density at radius 1 is 1.28 bits per heavy atom. The summed E-state index contributed by atoms with van der Waals surface area (Å²) in [7, 11) is 1.68. The molecule has 0 unspecified atom stereocenters. The topological polar surface area (TPSA) is 34.1 Å². The molecule has 1 aromatic heterocycles. The summed E-state index contributed by atoms with van der Waals surface area (Å²) in [6.45, 7) is 2.73. The van der Waals surface area contributed by atoms with Crippen LogP contribution < -0.4 is 10.1 Å². The van der Waals surface area contributed by atoms with Crippen molar-refractivity contribution in [2.45, 2.75) is 13.5 Å². The zero-order valence-corrected chi connectivity index (χ0v) is 11.2. The molecular formula is C14H15ClN2O. The molecule has 0 saturated carbocycles. The van der Waals surface area contributed by atoms with Gasteiger partial charge in [-0.1, -0.05) is 29.8 Å². The van der Waals surface area contributed by atoms with Crippen LogP contribution in [-0.2, 0) is 6.54 Å². The number of methoxy groups -OCH3 is 1. The van der Waals surface area contributed by atoms with E-state index in [1.165, 1.54) is 5.56 Å². The summed E-state index contributed by atoms with van der Waals surface area (Å²) >= 11 is 5.82. The largest absolute Gasteiger partial charge is 0.496 e. The number of pyridine rings is 1. The van der Waals surface area contributed by atoms with Gasteiger partial charge in [-0.05, 0) is 36.2 Å². The van der Waals surface area contributed by atoms with Gasteiger partial charge >= 0.3 is 0 Å². The molecule has 0 saturated heterocycles. The zero-order chi connectivity index (χ0) is 13.0. The molecule has 1 aromatic carbocycles. The van der Waals surface area contributed by atoms with Crippen LogP contribution in [0.2, 0.25) is 5.15 Å². The number of aryl methyl sites for hydroxylation is 1. The molecule has 4 heteroatoms. The van der Waals surface area contributed by atoms with Gasteiger partial charge in [0.2, 0.25) is 0 Å². The predicted octanol–water partition coefficient (Wildman–Crippen LogP) is 3.66. The second-order valence-electron chi connectivity index (χ2n) is 4.00. The fourth-order valence-corrected chi connectivity index (χ4v) is 1.91. The molecule has 2 aromatic rings. The van der Waals surface area contributed by atoms with Gasteiger partial charge in [0.1, 0.15) is 16.7 Å². The van der Waals surface area contributed by atoms with Gasteiger partial charge in [0.15, 0.2) is 0 Å². The fourth-order valence-electron chi connectivity index (χ4n) is 1.75. The number of ether oxygens (including phenoxy) is 1. The molecule has 3 nitrogen and oxygen atoms in total. The molecule has 0 bridgehead atoms. The zero-order valence-electron chi connectivity index (χ0n) is 10.4. The van der Waals surface area contributed by atoms with Crippen LogP contribution in [0, 0.1) is 6.92 Å². The van der Waals surface area contributed by atoms with Crippen LogP contribution in [-0.4, -0.2) is 12.1 Å². The number of nitrogens with zero attached hydrogens (tertiary/aromatic N) is 1. The standard InChI is InChI=1S/C14H15ClN2O/c1-10-8-11(6-7-12(10)18-2)9-16-14-5-3-4-13(15)17-14/h3-8H,9H2,1-2H3,(H,16,17). The molecule has 0 spiro atoms. The van der Waals surface area contributed by atoms with Crippen molar-refractivity contribution >= 4 is 17.4 Å². The molecule has 0 aliphatic carbocycles. The minimum Gasteiger partial charge on any atom is -0.496 e. The number of anilines is 1. The number of aromatic nitrogens is 1. The minimum absolute atomic E-state index is 0.492. The molecular weight excluding hydrogens is 248 g/mol. The normalized spacial score (nSPS) is 10.2. The van der Waals surface area contributed by atoms with Crippen molar-refractivity contribution in [1.29, 1.82) is 0 Å². The summed E-state index contributed by atoms with van der Waals surface area (Å²) in [6.07, 6.45) is 0.